The zero-order valence-electron chi connectivity index (χ0n) is 4.77. The standard InChI is InChI=1S/C5H2N2O3/c8-5-9-3-1-2-6-4(7-3)10-5/h1-2H. The van der Waals surface area contributed by atoms with Gasteiger partial charge in [-0.15, -0.1) is 0 Å². The normalized spacial score (nSPS) is 13.8. The van der Waals surface area contributed by atoms with Gasteiger partial charge in [0.05, 0.1) is 0 Å². The first-order chi connectivity index (χ1) is 4.84. The van der Waals surface area contributed by atoms with E-state index in [0.29, 0.717) is 0 Å². The Morgan fingerprint density at radius 2 is 2.30 bits per heavy atom. The predicted molar refractivity (Wildman–Crippen MR) is 28.7 cm³/mol. The van der Waals surface area contributed by atoms with Gasteiger partial charge in [0.1, 0.15) is 0 Å². The number of fused-ring (bicyclic) bond motifs is 2. The highest BCUT2D eigenvalue weighted by molar-refractivity contribution is 5.66. The van der Waals surface area contributed by atoms with E-state index in [4.69, 9.17) is 0 Å². The molecule has 0 aliphatic carbocycles. The summed E-state index contributed by atoms with van der Waals surface area (Å²) in [5.74, 6) is 0.223. The Hall–Kier alpha value is -1.65. The van der Waals surface area contributed by atoms with Gasteiger partial charge in [-0.3, -0.25) is 0 Å². The highest BCUT2D eigenvalue weighted by Gasteiger charge is 2.17. The molecule has 1 aliphatic rings. The van der Waals surface area contributed by atoms with Gasteiger partial charge >= 0.3 is 12.2 Å². The van der Waals surface area contributed by atoms with Crippen LogP contribution in [0, 0.1) is 0 Å². The molecule has 10 heavy (non-hydrogen) atoms. The number of nitrogens with zero attached hydrogens (tertiary/aromatic N) is 2. The summed E-state index contributed by atoms with van der Waals surface area (Å²) in [6.07, 6.45) is 0.664. The maximum absolute atomic E-state index is 10.4. The molecule has 1 aromatic rings. The fourth-order valence-electron chi connectivity index (χ4n) is 0.612. The van der Waals surface area contributed by atoms with E-state index < -0.39 is 6.16 Å². The third-order valence-electron chi connectivity index (χ3n) is 0.970. The maximum Gasteiger partial charge on any atom is 0.523 e. The molecule has 0 spiro atoms. The molecule has 1 aromatic heterocycles. The number of aromatic nitrogens is 2. The number of hydrogen-bond acceptors (Lipinski definition) is 5. The van der Waals surface area contributed by atoms with Gasteiger partial charge in [0, 0.05) is 12.3 Å². The Kier molecular flexibility index (Phi) is 0.858. The fraction of sp³-hybridized carbons (Fsp3) is 0. The molecule has 0 fully saturated rings. The van der Waals surface area contributed by atoms with Crippen LogP contribution in [0.3, 0.4) is 0 Å². The molecule has 0 radical (unpaired) electrons. The van der Waals surface area contributed by atoms with Crippen LogP contribution in [0.5, 0.6) is 11.9 Å². The summed E-state index contributed by atoms with van der Waals surface area (Å²) < 4.78 is 8.89. The van der Waals surface area contributed by atoms with Gasteiger partial charge in [0.15, 0.2) is 0 Å². The minimum atomic E-state index is -0.784. The molecular formula is C5H2N2O3. The van der Waals surface area contributed by atoms with Crippen LogP contribution in [0.1, 0.15) is 0 Å². The van der Waals surface area contributed by atoms with E-state index in [1.54, 1.807) is 0 Å². The van der Waals surface area contributed by atoms with E-state index in [2.05, 4.69) is 19.4 Å². The summed E-state index contributed by atoms with van der Waals surface area (Å²) in [4.78, 5) is 17.7. The first-order valence-corrected chi connectivity index (χ1v) is 2.57. The topological polar surface area (TPSA) is 61.3 Å². The van der Waals surface area contributed by atoms with Crippen molar-refractivity contribution in [3.8, 4) is 11.9 Å². The second-order valence-electron chi connectivity index (χ2n) is 1.63. The molecule has 0 N–H and O–H groups in total. The Bertz CT molecular complexity index is 263. The van der Waals surface area contributed by atoms with Gasteiger partial charge < -0.3 is 9.47 Å². The summed E-state index contributed by atoms with van der Waals surface area (Å²) in [6, 6.07) is 1.51. The van der Waals surface area contributed by atoms with Gasteiger partial charge in [0.2, 0.25) is 5.88 Å². The molecule has 2 bridgehead atoms. The molecular weight excluding hydrogens is 136 g/mol. The zero-order valence-corrected chi connectivity index (χ0v) is 4.77. The van der Waals surface area contributed by atoms with Gasteiger partial charge in [-0.2, -0.15) is 4.98 Å². The van der Waals surface area contributed by atoms with E-state index in [1.807, 2.05) is 0 Å². The van der Waals surface area contributed by atoms with Crippen molar-refractivity contribution in [2.24, 2.45) is 0 Å². The van der Waals surface area contributed by atoms with Crippen LogP contribution in [0.4, 0.5) is 4.79 Å². The molecule has 0 saturated heterocycles. The van der Waals surface area contributed by atoms with Crippen molar-refractivity contribution >= 4 is 6.16 Å². The molecule has 1 aliphatic heterocycles. The van der Waals surface area contributed by atoms with Crippen LogP contribution >= 0.6 is 0 Å². The summed E-state index contributed by atoms with van der Waals surface area (Å²) >= 11 is 0. The van der Waals surface area contributed by atoms with E-state index in [9.17, 15) is 4.79 Å². The SMILES string of the molecule is O=C1Oc2ccnc(n2)O1. The van der Waals surface area contributed by atoms with Crippen LogP contribution in [0.25, 0.3) is 0 Å². The lowest BCUT2D eigenvalue weighted by molar-refractivity contribution is 0.135. The highest BCUT2D eigenvalue weighted by Crippen LogP contribution is 2.15. The molecule has 0 aromatic carbocycles. The maximum atomic E-state index is 10.4. The average molecular weight is 138 g/mol. The van der Waals surface area contributed by atoms with Crippen LogP contribution in [-0.2, 0) is 0 Å². The van der Waals surface area contributed by atoms with Crippen molar-refractivity contribution in [1.29, 1.82) is 0 Å². The second kappa shape index (κ2) is 1.66. The number of carbonyl (C=O) groups excluding carboxylic acids is 1. The first kappa shape index (κ1) is 5.16. The number of rotatable bonds is 0. The van der Waals surface area contributed by atoms with Gasteiger partial charge in [-0.25, -0.2) is 9.78 Å². The van der Waals surface area contributed by atoms with Crippen molar-refractivity contribution < 1.29 is 14.3 Å². The van der Waals surface area contributed by atoms with Crippen LogP contribution < -0.4 is 9.47 Å². The van der Waals surface area contributed by atoms with Crippen molar-refractivity contribution in [3.63, 3.8) is 0 Å². The van der Waals surface area contributed by atoms with Crippen LogP contribution in [0.2, 0.25) is 0 Å². The molecule has 5 nitrogen and oxygen atoms in total. The number of carbonyl (C=O) groups is 1. The lowest BCUT2D eigenvalue weighted by atomic mass is 10.6. The highest BCUT2D eigenvalue weighted by atomic mass is 16.7. The predicted octanol–water partition coefficient (Wildman–Crippen LogP) is 0.368. The lowest BCUT2D eigenvalue weighted by Gasteiger charge is -2.08. The molecule has 5 heteroatoms. The van der Waals surface area contributed by atoms with Gasteiger partial charge in [0.25, 0.3) is 0 Å². The molecule has 50 valence electrons. The number of hydrogen-bond donors (Lipinski definition) is 0. The van der Waals surface area contributed by atoms with Gasteiger partial charge in [-0.1, -0.05) is 0 Å². The summed E-state index contributed by atoms with van der Waals surface area (Å²) in [7, 11) is 0. The third-order valence-corrected chi connectivity index (χ3v) is 0.970. The minimum Gasteiger partial charge on any atom is -0.375 e. The average Bonchev–Trinajstić information content (AvgIpc) is 1.85. The quantitative estimate of drug-likeness (QED) is 0.484. The Morgan fingerprint density at radius 1 is 1.40 bits per heavy atom. The fourth-order valence-corrected chi connectivity index (χ4v) is 0.612. The molecule has 0 saturated carbocycles. The van der Waals surface area contributed by atoms with Crippen molar-refractivity contribution in [2.45, 2.75) is 0 Å². The van der Waals surface area contributed by atoms with E-state index in [0.717, 1.165) is 0 Å². The summed E-state index contributed by atoms with van der Waals surface area (Å²) in [5, 5.41) is 0. The number of ether oxygens (including phenoxy) is 2. The van der Waals surface area contributed by atoms with Crippen molar-refractivity contribution in [1.82, 2.24) is 9.97 Å². The van der Waals surface area contributed by atoms with E-state index in [-0.39, 0.29) is 11.9 Å². The Morgan fingerprint density at radius 3 is 3.10 bits per heavy atom. The van der Waals surface area contributed by atoms with E-state index >= 15 is 0 Å². The minimum absolute atomic E-state index is 0.0359. The second-order valence-corrected chi connectivity index (χ2v) is 1.63. The lowest BCUT2D eigenvalue weighted by Crippen LogP contribution is -2.20. The molecule has 2 rings (SSSR count). The largest absolute Gasteiger partial charge is 0.523 e. The molecule has 0 amide bonds. The molecule has 2 heterocycles. The smallest absolute Gasteiger partial charge is 0.375 e. The first-order valence-electron chi connectivity index (χ1n) is 2.57. The van der Waals surface area contributed by atoms with Crippen LogP contribution in [0.15, 0.2) is 12.3 Å². The monoisotopic (exact) mass is 138 g/mol. The third kappa shape index (κ3) is 0.680. The van der Waals surface area contributed by atoms with E-state index in [1.165, 1.54) is 12.3 Å². The Labute approximate surface area is 55.6 Å². The van der Waals surface area contributed by atoms with Crippen molar-refractivity contribution in [2.75, 3.05) is 0 Å². The van der Waals surface area contributed by atoms with Gasteiger partial charge in [-0.05, 0) is 0 Å². The molecule has 0 atom stereocenters. The summed E-state index contributed by atoms with van der Waals surface area (Å²) in [6.45, 7) is 0. The Balaban J connectivity index is 2.52. The molecule has 0 unspecified atom stereocenters. The van der Waals surface area contributed by atoms with Crippen LogP contribution in [-0.4, -0.2) is 16.1 Å². The zero-order chi connectivity index (χ0) is 6.97. The van der Waals surface area contributed by atoms with Crippen molar-refractivity contribution in [3.05, 3.63) is 12.3 Å². The summed E-state index contributed by atoms with van der Waals surface area (Å²) in [5.41, 5.74) is 0.